The lowest BCUT2D eigenvalue weighted by atomic mass is 10.1. The van der Waals surface area contributed by atoms with Crippen molar-refractivity contribution in [1.29, 1.82) is 0 Å². The van der Waals surface area contributed by atoms with Gasteiger partial charge in [-0.3, -0.25) is 9.20 Å². The molecule has 2 rings (SSSR count). The van der Waals surface area contributed by atoms with Crippen LogP contribution in [0, 0.1) is 0 Å². The summed E-state index contributed by atoms with van der Waals surface area (Å²) >= 11 is 0. The molecule has 130 valence electrons. The highest BCUT2D eigenvalue weighted by molar-refractivity contribution is 5.97. The molecule has 1 atom stereocenters. The number of hydrogen-bond donors (Lipinski definition) is 2. The lowest BCUT2D eigenvalue weighted by molar-refractivity contribution is -0.139. The summed E-state index contributed by atoms with van der Waals surface area (Å²) in [4.78, 5) is 28.5. The minimum atomic E-state index is -1.04. The molecule has 0 saturated carbocycles. The summed E-state index contributed by atoms with van der Waals surface area (Å²) in [5.74, 6) is -0.877. The molecule has 0 aliphatic carbocycles. The van der Waals surface area contributed by atoms with Gasteiger partial charge in [0.15, 0.2) is 11.4 Å². The maximum atomic E-state index is 12.7. The number of imidazole rings is 1. The number of aryl methyl sites for hydroxylation is 1. The van der Waals surface area contributed by atoms with Crippen LogP contribution in [0.2, 0.25) is 0 Å². The highest BCUT2D eigenvalue weighted by Crippen LogP contribution is 2.23. The summed E-state index contributed by atoms with van der Waals surface area (Å²) < 4.78 is 7.22. The van der Waals surface area contributed by atoms with Crippen molar-refractivity contribution in [2.24, 2.45) is 0 Å². The summed E-state index contributed by atoms with van der Waals surface area (Å²) in [6.07, 6.45) is 3.33. The number of carbonyl (C=O) groups is 2. The van der Waals surface area contributed by atoms with Crippen molar-refractivity contribution in [2.45, 2.75) is 46.1 Å². The van der Waals surface area contributed by atoms with Gasteiger partial charge >= 0.3 is 5.97 Å². The van der Waals surface area contributed by atoms with Gasteiger partial charge in [-0.15, -0.1) is 0 Å². The van der Waals surface area contributed by atoms with Gasteiger partial charge in [-0.25, -0.2) is 9.78 Å². The normalized spacial score (nSPS) is 12.1. The lowest BCUT2D eigenvalue weighted by Gasteiger charge is -2.14. The van der Waals surface area contributed by atoms with Gasteiger partial charge in [0.25, 0.3) is 5.91 Å². The SMILES string of the molecule is CCCC(NC(=O)c1c(CC)nc2c(OCC)cccn12)C(=O)O. The van der Waals surface area contributed by atoms with Crippen molar-refractivity contribution in [3.05, 3.63) is 29.7 Å². The number of carboxylic acids is 1. The van der Waals surface area contributed by atoms with E-state index >= 15 is 0 Å². The van der Waals surface area contributed by atoms with Crippen LogP contribution >= 0.6 is 0 Å². The van der Waals surface area contributed by atoms with E-state index in [4.69, 9.17) is 4.74 Å². The number of hydrogen-bond acceptors (Lipinski definition) is 4. The molecule has 2 aromatic heterocycles. The van der Waals surface area contributed by atoms with Crippen molar-refractivity contribution < 1.29 is 19.4 Å². The Morgan fingerprint density at radius 2 is 2.12 bits per heavy atom. The molecule has 0 radical (unpaired) electrons. The number of aromatic nitrogens is 2. The van der Waals surface area contributed by atoms with Crippen molar-refractivity contribution in [1.82, 2.24) is 14.7 Å². The molecular formula is C17H23N3O4. The first-order chi connectivity index (χ1) is 11.5. The molecular weight excluding hydrogens is 310 g/mol. The minimum Gasteiger partial charge on any atom is -0.490 e. The van der Waals surface area contributed by atoms with E-state index in [1.807, 2.05) is 20.8 Å². The quantitative estimate of drug-likeness (QED) is 0.773. The van der Waals surface area contributed by atoms with E-state index in [1.165, 1.54) is 0 Å². The molecule has 1 amide bonds. The number of pyridine rings is 1. The fourth-order valence-electron chi connectivity index (χ4n) is 2.62. The fourth-order valence-corrected chi connectivity index (χ4v) is 2.62. The van der Waals surface area contributed by atoms with Crippen molar-refractivity contribution in [3.63, 3.8) is 0 Å². The summed E-state index contributed by atoms with van der Waals surface area (Å²) in [6, 6.07) is 2.66. The Labute approximate surface area is 140 Å². The zero-order valence-corrected chi connectivity index (χ0v) is 14.2. The van der Waals surface area contributed by atoms with Crippen molar-refractivity contribution >= 4 is 17.5 Å². The number of aliphatic carboxylic acids is 1. The molecule has 2 aromatic rings. The standard InChI is InChI=1S/C17H23N3O4/c1-4-8-12(17(22)23)19-16(21)14-11(5-2)18-15-13(24-6-3)9-7-10-20(14)15/h7,9-10,12H,4-6,8H2,1-3H3,(H,19,21)(H,22,23). The largest absolute Gasteiger partial charge is 0.490 e. The van der Waals surface area contributed by atoms with Gasteiger partial charge < -0.3 is 15.2 Å². The number of rotatable bonds is 8. The van der Waals surface area contributed by atoms with Crippen LogP contribution in [-0.4, -0.2) is 39.0 Å². The molecule has 2 N–H and O–H groups in total. The van der Waals surface area contributed by atoms with Gasteiger partial charge in [0, 0.05) is 6.20 Å². The maximum absolute atomic E-state index is 12.7. The van der Waals surface area contributed by atoms with E-state index in [9.17, 15) is 14.7 Å². The van der Waals surface area contributed by atoms with Gasteiger partial charge in [0.1, 0.15) is 11.7 Å². The molecule has 7 heteroatoms. The summed E-state index contributed by atoms with van der Waals surface area (Å²) in [7, 11) is 0. The Morgan fingerprint density at radius 3 is 2.71 bits per heavy atom. The number of nitrogens with one attached hydrogen (secondary N) is 1. The van der Waals surface area contributed by atoms with Crippen LogP contribution in [0.4, 0.5) is 0 Å². The third-order valence-electron chi connectivity index (χ3n) is 3.72. The monoisotopic (exact) mass is 333 g/mol. The Bertz CT molecular complexity index is 739. The van der Waals surface area contributed by atoms with E-state index in [2.05, 4.69) is 10.3 Å². The van der Waals surface area contributed by atoms with E-state index in [1.54, 1.807) is 22.7 Å². The number of ether oxygens (including phenoxy) is 1. The Morgan fingerprint density at radius 1 is 1.38 bits per heavy atom. The number of fused-ring (bicyclic) bond motifs is 1. The average Bonchev–Trinajstić information content (AvgIpc) is 2.94. The smallest absolute Gasteiger partial charge is 0.326 e. The third-order valence-corrected chi connectivity index (χ3v) is 3.72. The number of carbonyl (C=O) groups excluding carboxylic acids is 1. The van der Waals surface area contributed by atoms with Gasteiger partial charge in [-0.1, -0.05) is 20.3 Å². The first-order valence-corrected chi connectivity index (χ1v) is 8.19. The van der Waals surface area contributed by atoms with Gasteiger partial charge in [0.2, 0.25) is 0 Å². The zero-order chi connectivity index (χ0) is 17.7. The van der Waals surface area contributed by atoms with E-state index in [0.717, 1.165) is 0 Å². The van der Waals surface area contributed by atoms with E-state index in [-0.39, 0.29) is 0 Å². The van der Waals surface area contributed by atoms with Crippen LogP contribution in [0.5, 0.6) is 5.75 Å². The highest BCUT2D eigenvalue weighted by atomic mass is 16.5. The molecule has 0 aliphatic rings. The number of carboxylic acid groups (broad SMARTS) is 1. The van der Waals surface area contributed by atoms with Gasteiger partial charge in [0.05, 0.1) is 12.3 Å². The topological polar surface area (TPSA) is 92.9 Å². The zero-order valence-electron chi connectivity index (χ0n) is 14.2. The van der Waals surface area contributed by atoms with Crippen molar-refractivity contribution in [3.8, 4) is 5.75 Å². The summed E-state index contributed by atoms with van der Waals surface area (Å²) in [6.45, 7) is 6.15. The average molecular weight is 333 g/mol. The van der Waals surface area contributed by atoms with Gasteiger partial charge in [-0.2, -0.15) is 0 Å². The number of nitrogens with zero attached hydrogens (tertiary/aromatic N) is 2. The van der Waals surface area contributed by atoms with Crippen LogP contribution in [-0.2, 0) is 11.2 Å². The predicted molar refractivity (Wildman–Crippen MR) is 89.5 cm³/mol. The predicted octanol–water partition coefficient (Wildman–Crippen LogP) is 2.28. The molecule has 0 fully saturated rings. The summed E-state index contributed by atoms with van der Waals surface area (Å²) in [5.41, 5.74) is 1.53. The molecule has 0 bridgehead atoms. The van der Waals surface area contributed by atoms with Crippen molar-refractivity contribution in [2.75, 3.05) is 6.61 Å². The molecule has 0 spiro atoms. The van der Waals surface area contributed by atoms with Crippen LogP contribution in [0.1, 0.15) is 49.8 Å². The minimum absolute atomic E-state index is 0.358. The van der Waals surface area contributed by atoms with E-state index < -0.39 is 17.9 Å². The summed E-state index contributed by atoms with van der Waals surface area (Å²) in [5, 5.41) is 11.8. The first kappa shape index (κ1) is 17.8. The van der Waals surface area contributed by atoms with Crippen LogP contribution in [0.3, 0.4) is 0 Å². The molecule has 24 heavy (non-hydrogen) atoms. The molecule has 0 aromatic carbocycles. The third kappa shape index (κ3) is 3.50. The Balaban J connectivity index is 2.44. The second-order valence-corrected chi connectivity index (χ2v) is 5.41. The number of amides is 1. The fraction of sp³-hybridized carbons (Fsp3) is 0.471. The van der Waals surface area contributed by atoms with Crippen LogP contribution in [0.15, 0.2) is 18.3 Å². The van der Waals surface area contributed by atoms with Gasteiger partial charge in [-0.05, 0) is 31.9 Å². The highest BCUT2D eigenvalue weighted by Gasteiger charge is 2.25. The second-order valence-electron chi connectivity index (χ2n) is 5.41. The molecule has 0 saturated heterocycles. The van der Waals surface area contributed by atoms with Crippen LogP contribution in [0.25, 0.3) is 5.65 Å². The molecule has 7 nitrogen and oxygen atoms in total. The molecule has 0 aliphatic heterocycles. The van der Waals surface area contributed by atoms with Crippen LogP contribution < -0.4 is 10.1 Å². The Kier molecular flexibility index (Phi) is 5.78. The lowest BCUT2D eigenvalue weighted by Crippen LogP contribution is -2.41. The molecule has 2 heterocycles. The first-order valence-electron chi connectivity index (χ1n) is 8.19. The van der Waals surface area contributed by atoms with E-state index in [0.29, 0.717) is 48.7 Å². The second kappa shape index (κ2) is 7.81. The Hall–Kier alpha value is -2.57. The maximum Gasteiger partial charge on any atom is 0.326 e. The molecule has 1 unspecified atom stereocenters.